The van der Waals surface area contributed by atoms with Crippen molar-refractivity contribution in [3.63, 3.8) is 0 Å². The van der Waals surface area contributed by atoms with Crippen molar-refractivity contribution in [3.05, 3.63) is 22.8 Å². The molecule has 0 aliphatic heterocycles. The third-order valence-corrected chi connectivity index (χ3v) is 4.34. The molecular formula is C16H25N3OS. The molecule has 0 aliphatic rings. The Morgan fingerprint density at radius 1 is 1.33 bits per heavy atom. The van der Waals surface area contributed by atoms with Crippen molar-refractivity contribution in [2.75, 3.05) is 19.0 Å². The van der Waals surface area contributed by atoms with Gasteiger partial charge in [-0.1, -0.05) is 0 Å². The normalized spacial score (nSPS) is 12.9. The molecule has 1 atom stereocenters. The number of aryl methyl sites for hydroxylation is 1. The van der Waals surface area contributed by atoms with Crippen molar-refractivity contribution in [2.45, 2.75) is 46.7 Å². The molecular weight excluding hydrogens is 282 g/mol. The van der Waals surface area contributed by atoms with E-state index in [4.69, 9.17) is 9.72 Å². The van der Waals surface area contributed by atoms with Crippen LogP contribution in [0.15, 0.2) is 11.4 Å². The van der Waals surface area contributed by atoms with E-state index in [1.54, 1.807) is 18.4 Å². The summed E-state index contributed by atoms with van der Waals surface area (Å²) >= 11 is 1.64. The zero-order valence-corrected chi connectivity index (χ0v) is 14.5. The standard InChI is InChI=1S/C16H25N3OS/c1-10(2)19-12(4)7-14(13(19)5)15-9-21-16(18-15)17-11(3)8-20-6/h7,9-11H,8H2,1-6H3,(H,17,18)/t11-/m0/s1. The van der Waals surface area contributed by atoms with Crippen molar-refractivity contribution < 1.29 is 4.74 Å². The van der Waals surface area contributed by atoms with E-state index in [-0.39, 0.29) is 6.04 Å². The Morgan fingerprint density at radius 3 is 2.62 bits per heavy atom. The van der Waals surface area contributed by atoms with Gasteiger partial charge in [0.15, 0.2) is 5.13 Å². The summed E-state index contributed by atoms with van der Waals surface area (Å²) in [6.07, 6.45) is 0. The van der Waals surface area contributed by atoms with Gasteiger partial charge in [0.1, 0.15) is 0 Å². The molecule has 0 radical (unpaired) electrons. The van der Waals surface area contributed by atoms with Gasteiger partial charge in [0, 0.05) is 41.5 Å². The van der Waals surface area contributed by atoms with Crippen LogP contribution >= 0.6 is 11.3 Å². The Labute approximate surface area is 131 Å². The Hall–Kier alpha value is -1.33. The molecule has 2 rings (SSSR count). The van der Waals surface area contributed by atoms with Crippen LogP contribution in [0.3, 0.4) is 0 Å². The highest BCUT2D eigenvalue weighted by atomic mass is 32.1. The van der Waals surface area contributed by atoms with Gasteiger partial charge in [-0.15, -0.1) is 11.3 Å². The first-order chi connectivity index (χ1) is 9.93. The number of thiazole rings is 1. The van der Waals surface area contributed by atoms with Gasteiger partial charge in [0.2, 0.25) is 0 Å². The third kappa shape index (κ3) is 3.47. The lowest BCUT2D eigenvalue weighted by molar-refractivity contribution is 0.190. The van der Waals surface area contributed by atoms with Gasteiger partial charge in [0.25, 0.3) is 0 Å². The molecule has 0 unspecified atom stereocenters. The first-order valence-corrected chi connectivity index (χ1v) is 8.21. The summed E-state index contributed by atoms with van der Waals surface area (Å²) in [6, 6.07) is 2.96. The van der Waals surface area contributed by atoms with Crippen LogP contribution in [0.25, 0.3) is 11.3 Å². The second-order valence-corrected chi connectivity index (χ2v) is 6.65. The summed E-state index contributed by atoms with van der Waals surface area (Å²) in [6.45, 7) is 11.5. The van der Waals surface area contributed by atoms with Crippen LogP contribution in [-0.2, 0) is 4.74 Å². The van der Waals surface area contributed by atoms with Crippen LogP contribution in [0.1, 0.15) is 38.2 Å². The fraction of sp³-hybridized carbons (Fsp3) is 0.562. The van der Waals surface area contributed by atoms with Crippen LogP contribution in [0.5, 0.6) is 0 Å². The molecule has 1 N–H and O–H groups in total. The summed E-state index contributed by atoms with van der Waals surface area (Å²) in [7, 11) is 1.71. The largest absolute Gasteiger partial charge is 0.383 e. The fourth-order valence-electron chi connectivity index (χ4n) is 2.80. The number of hydrogen-bond donors (Lipinski definition) is 1. The molecule has 0 spiro atoms. The van der Waals surface area contributed by atoms with Crippen molar-refractivity contribution in [1.29, 1.82) is 0 Å². The lowest BCUT2D eigenvalue weighted by Gasteiger charge is -2.13. The highest BCUT2D eigenvalue weighted by molar-refractivity contribution is 7.14. The zero-order chi connectivity index (χ0) is 15.6. The van der Waals surface area contributed by atoms with Gasteiger partial charge in [-0.2, -0.15) is 0 Å². The van der Waals surface area contributed by atoms with Crippen LogP contribution in [-0.4, -0.2) is 29.3 Å². The zero-order valence-electron chi connectivity index (χ0n) is 13.7. The van der Waals surface area contributed by atoms with Gasteiger partial charge >= 0.3 is 0 Å². The SMILES string of the molecule is COC[C@H](C)Nc1nc(-c2cc(C)n(C(C)C)c2C)cs1. The van der Waals surface area contributed by atoms with Crippen molar-refractivity contribution in [1.82, 2.24) is 9.55 Å². The summed E-state index contributed by atoms with van der Waals surface area (Å²) in [5, 5.41) is 6.44. The maximum atomic E-state index is 5.14. The highest BCUT2D eigenvalue weighted by Gasteiger charge is 2.15. The minimum atomic E-state index is 0.261. The average Bonchev–Trinajstić information content (AvgIpc) is 2.94. The molecule has 2 heterocycles. The predicted molar refractivity (Wildman–Crippen MR) is 90.4 cm³/mol. The maximum Gasteiger partial charge on any atom is 0.183 e. The molecule has 0 saturated heterocycles. The Morgan fingerprint density at radius 2 is 2.05 bits per heavy atom. The average molecular weight is 307 g/mol. The van der Waals surface area contributed by atoms with E-state index in [1.165, 1.54) is 17.0 Å². The molecule has 0 fully saturated rings. The predicted octanol–water partition coefficient (Wildman–Crippen LogP) is 4.26. The molecule has 0 bridgehead atoms. The van der Waals surface area contributed by atoms with Gasteiger partial charge in [-0.3, -0.25) is 0 Å². The van der Waals surface area contributed by atoms with Gasteiger partial charge < -0.3 is 14.6 Å². The summed E-state index contributed by atoms with van der Waals surface area (Å²) in [5.74, 6) is 0. The number of rotatable bonds is 6. The van der Waals surface area contributed by atoms with E-state index >= 15 is 0 Å². The third-order valence-electron chi connectivity index (χ3n) is 3.57. The van der Waals surface area contributed by atoms with E-state index in [1.807, 2.05) is 0 Å². The highest BCUT2D eigenvalue weighted by Crippen LogP contribution is 2.31. The Balaban J connectivity index is 2.24. The second kappa shape index (κ2) is 6.62. The van der Waals surface area contributed by atoms with E-state index < -0.39 is 0 Å². The molecule has 21 heavy (non-hydrogen) atoms. The van der Waals surface area contributed by atoms with Crippen LogP contribution in [0.4, 0.5) is 5.13 Å². The van der Waals surface area contributed by atoms with Crippen molar-refractivity contribution >= 4 is 16.5 Å². The monoisotopic (exact) mass is 307 g/mol. The summed E-state index contributed by atoms with van der Waals surface area (Å²) < 4.78 is 7.50. The number of hydrogen-bond acceptors (Lipinski definition) is 4. The minimum Gasteiger partial charge on any atom is -0.383 e. The summed E-state index contributed by atoms with van der Waals surface area (Å²) in [5.41, 5.74) is 4.84. The second-order valence-electron chi connectivity index (χ2n) is 5.79. The molecule has 4 nitrogen and oxygen atoms in total. The molecule has 0 aromatic carbocycles. The first-order valence-electron chi connectivity index (χ1n) is 7.33. The first kappa shape index (κ1) is 16.0. The molecule has 0 aliphatic carbocycles. The smallest absolute Gasteiger partial charge is 0.183 e. The number of anilines is 1. The van der Waals surface area contributed by atoms with E-state index in [0.717, 1.165) is 10.8 Å². The topological polar surface area (TPSA) is 39.1 Å². The van der Waals surface area contributed by atoms with Gasteiger partial charge in [-0.25, -0.2) is 4.98 Å². The lowest BCUT2D eigenvalue weighted by Crippen LogP contribution is -2.20. The number of methoxy groups -OCH3 is 1. The number of nitrogens with zero attached hydrogens (tertiary/aromatic N) is 2. The van der Waals surface area contributed by atoms with Crippen molar-refractivity contribution in [2.24, 2.45) is 0 Å². The number of nitrogens with one attached hydrogen (secondary N) is 1. The molecule has 0 saturated carbocycles. The molecule has 0 amide bonds. The summed E-state index contributed by atoms with van der Waals surface area (Å²) in [4.78, 5) is 4.72. The Kier molecular flexibility index (Phi) is 5.06. The fourth-order valence-corrected chi connectivity index (χ4v) is 3.62. The van der Waals surface area contributed by atoms with E-state index in [2.05, 4.69) is 55.9 Å². The molecule has 116 valence electrons. The Bertz CT molecular complexity index is 601. The van der Waals surface area contributed by atoms with Crippen LogP contribution in [0.2, 0.25) is 0 Å². The lowest BCUT2D eigenvalue weighted by atomic mass is 10.2. The number of ether oxygens (including phenoxy) is 1. The van der Waals surface area contributed by atoms with Gasteiger partial charge in [0.05, 0.1) is 12.3 Å². The van der Waals surface area contributed by atoms with Gasteiger partial charge in [-0.05, 0) is 40.7 Å². The molecule has 2 aromatic heterocycles. The molecule has 2 aromatic rings. The van der Waals surface area contributed by atoms with E-state index in [9.17, 15) is 0 Å². The van der Waals surface area contributed by atoms with Crippen LogP contribution < -0.4 is 5.32 Å². The number of aromatic nitrogens is 2. The molecule has 5 heteroatoms. The maximum absolute atomic E-state index is 5.14. The minimum absolute atomic E-state index is 0.261. The van der Waals surface area contributed by atoms with E-state index in [0.29, 0.717) is 12.6 Å². The quantitative estimate of drug-likeness (QED) is 0.867. The van der Waals surface area contributed by atoms with Crippen LogP contribution in [0, 0.1) is 13.8 Å². The van der Waals surface area contributed by atoms with Crippen molar-refractivity contribution in [3.8, 4) is 11.3 Å².